The highest BCUT2D eigenvalue weighted by atomic mass is 16.1. The number of hydrogen-bond acceptors (Lipinski definition) is 4. The van der Waals surface area contributed by atoms with Crippen LogP contribution in [0.15, 0.2) is 0 Å². The summed E-state index contributed by atoms with van der Waals surface area (Å²) in [6, 6.07) is 0.919. The van der Waals surface area contributed by atoms with Crippen LogP contribution in [-0.2, 0) is 4.79 Å². The molecule has 3 unspecified atom stereocenters. The van der Waals surface area contributed by atoms with E-state index >= 15 is 0 Å². The molecule has 0 radical (unpaired) electrons. The molecule has 5 nitrogen and oxygen atoms in total. The number of likely N-dealkylation sites (N-methyl/N-ethyl adjacent to an activating group) is 1. The lowest BCUT2D eigenvalue weighted by atomic mass is 9.91. The Morgan fingerprint density at radius 3 is 2.65 bits per heavy atom. The van der Waals surface area contributed by atoms with Crippen LogP contribution in [0.1, 0.15) is 40.5 Å². The molecular formula is C15H32N4O. The number of nitrogens with zero attached hydrogens (tertiary/aromatic N) is 2. The number of piperazine rings is 1. The first kappa shape index (κ1) is 17.4. The number of carbonyl (C=O) groups is 1. The number of amides is 1. The largest absolute Gasteiger partial charge is 0.368 e. The number of hydrogen-bond donors (Lipinski definition) is 2. The van der Waals surface area contributed by atoms with Crippen LogP contribution in [0.25, 0.3) is 0 Å². The molecular weight excluding hydrogens is 252 g/mol. The lowest BCUT2D eigenvalue weighted by Gasteiger charge is -2.43. The summed E-state index contributed by atoms with van der Waals surface area (Å²) in [4.78, 5) is 16.6. The van der Waals surface area contributed by atoms with E-state index in [4.69, 9.17) is 5.73 Å². The predicted molar refractivity (Wildman–Crippen MR) is 83.6 cm³/mol. The van der Waals surface area contributed by atoms with Crippen LogP contribution in [0.5, 0.6) is 0 Å². The topological polar surface area (TPSA) is 61.6 Å². The van der Waals surface area contributed by atoms with Crippen molar-refractivity contribution in [1.29, 1.82) is 0 Å². The summed E-state index contributed by atoms with van der Waals surface area (Å²) < 4.78 is 0. The molecule has 1 aliphatic rings. The third-order valence-corrected chi connectivity index (χ3v) is 4.63. The molecule has 1 rings (SSSR count). The van der Waals surface area contributed by atoms with Gasteiger partial charge in [0.15, 0.2) is 0 Å². The van der Waals surface area contributed by atoms with Crippen LogP contribution in [0, 0.1) is 0 Å². The Morgan fingerprint density at radius 1 is 1.50 bits per heavy atom. The quantitative estimate of drug-likeness (QED) is 0.720. The van der Waals surface area contributed by atoms with E-state index in [1.165, 1.54) is 0 Å². The van der Waals surface area contributed by atoms with Crippen LogP contribution in [0.3, 0.4) is 0 Å². The molecule has 1 aliphatic heterocycles. The molecule has 0 bridgehead atoms. The molecule has 3 atom stereocenters. The van der Waals surface area contributed by atoms with Gasteiger partial charge in [0.2, 0.25) is 5.91 Å². The minimum atomic E-state index is -0.609. The zero-order valence-electron chi connectivity index (χ0n) is 13.8. The Kier molecular flexibility index (Phi) is 6.43. The molecule has 1 heterocycles. The fourth-order valence-electron chi connectivity index (χ4n) is 2.86. The molecule has 0 aromatic carbocycles. The smallest absolute Gasteiger partial charge is 0.237 e. The Balaban J connectivity index is 2.62. The highest BCUT2D eigenvalue weighted by Crippen LogP contribution is 2.19. The van der Waals surface area contributed by atoms with Gasteiger partial charge in [-0.15, -0.1) is 0 Å². The van der Waals surface area contributed by atoms with E-state index in [0.717, 1.165) is 39.0 Å². The van der Waals surface area contributed by atoms with E-state index in [9.17, 15) is 4.79 Å². The first-order valence-corrected chi connectivity index (χ1v) is 7.79. The van der Waals surface area contributed by atoms with Gasteiger partial charge in [-0.2, -0.15) is 0 Å². The van der Waals surface area contributed by atoms with Crippen molar-refractivity contribution in [1.82, 2.24) is 15.1 Å². The Labute approximate surface area is 123 Å². The average Bonchev–Trinajstić information content (AvgIpc) is 2.39. The summed E-state index contributed by atoms with van der Waals surface area (Å²) in [6.45, 7) is 12.5. The van der Waals surface area contributed by atoms with Crippen molar-refractivity contribution in [3.05, 3.63) is 0 Å². The van der Waals surface area contributed by atoms with Gasteiger partial charge in [0.25, 0.3) is 0 Å². The lowest BCUT2D eigenvalue weighted by molar-refractivity contribution is -0.124. The van der Waals surface area contributed by atoms with Gasteiger partial charge in [-0.05, 0) is 47.2 Å². The number of rotatable bonds is 7. The monoisotopic (exact) mass is 284 g/mol. The summed E-state index contributed by atoms with van der Waals surface area (Å²) >= 11 is 0. The molecule has 1 fully saturated rings. The number of nitrogens with one attached hydrogen (secondary N) is 1. The first-order chi connectivity index (χ1) is 9.30. The second kappa shape index (κ2) is 7.38. The zero-order valence-corrected chi connectivity index (χ0v) is 13.8. The SMILES string of the molecule is CCCNC(C)(CC(C)N1CCN(C)C(C)C1)C(N)=O. The maximum Gasteiger partial charge on any atom is 0.237 e. The Morgan fingerprint density at radius 2 is 2.15 bits per heavy atom. The highest BCUT2D eigenvalue weighted by Gasteiger charge is 2.35. The van der Waals surface area contributed by atoms with Gasteiger partial charge in [0.05, 0.1) is 5.54 Å². The molecule has 3 N–H and O–H groups in total. The molecule has 0 spiro atoms. The van der Waals surface area contributed by atoms with Crippen molar-refractivity contribution in [2.45, 2.75) is 58.2 Å². The van der Waals surface area contributed by atoms with Gasteiger partial charge < -0.3 is 16.0 Å². The first-order valence-electron chi connectivity index (χ1n) is 7.79. The summed E-state index contributed by atoms with van der Waals surface area (Å²) in [5, 5.41) is 3.32. The van der Waals surface area contributed by atoms with Gasteiger partial charge in [0, 0.05) is 31.7 Å². The second-order valence-electron chi connectivity index (χ2n) is 6.50. The van der Waals surface area contributed by atoms with E-state index in [-0.39, 0.29) is 5.91 Å². The molecule has 0 saturated carbocycles. The summed E-state index contributed by atoms with van der Waals surface area (Å²) in [5.74, 6) is -0.250. The van der Waals surface area contributed by atoms with E-state index in [2.05, 4.69) is 42.9 Å². The molecule has 5 heteroatoms. The fraction of sp³-hybridized carbons (Fsp3) is 0.933. The minimum Gasteiger partial charge on any atom is -0.368 e. The number of carbonyl (C=O) groups excluding carboxylic acids is 1. The van der Waals surface area contributed by atoms with Crippen LogP contribution in [0.4, 0.5) is 0 Å². The molecule has 0 aromatic heterocycles. The minimum absolute atomic E-state index is 0.250. The fourth-order valence-corrected chi connectivity index (χ4v) is 2.86. The lowest BCUT2D eigenvalue weighted by Crippen LogP contribution is -2.59. The van der Waals surface area contributed by atoms with Crippen molar-refractivity contribution in [3.8, 4) is 0 Å². The predicted octanol–water partition coefficient (Wildman–Crippen LogP) is 0.645. The highest BCUT2D eigenvalue weighted by molar-refractivity contribution is 5.84. The number of nitrogens with two attached hydrogens (primary N) is 1. The van der Waals surface area contributed by atoms with Crippen LogP contribution < -0.4 is 11.1 Å². The normalized spacial score (nSPS) is 26.1. The van der Waals surface area contributed by atoms with Gasteiger partial charge in [-0.1, -0.05) is 6.92 Å². The molecule has 118 valence electrons. The third-order valence-electron chi connectivity index (χ3n) is 4.63. The molecule has 1 amide bonds. The molecule has 0 aromatic rings. The van der Waals surface area contributed by atoms with Crippen LogP contribution >= 0.6 is 0 Å². The van der Waals surface area contributed by atoms with E-state index in [1.54, 1.807) is 0 Å². The van der Waals surface area contributed by atoms with Crippen molar-refractivity contribution in [3.63, 3.8) is 0 Å². The van der Waals surface area contributed by atoms with Crippen molar-refractivity contribution in [2.24, 2.45) is 5.73 Å². The van der Waals surface area contributed by atoms with Crippen molar-refractivity contribution >= 4 is 5.91 Å². The summed E-state index contributed by atoms with van der Waals surface area (Å²) in [7, 11) is 2.17. The second-order valence-corrected chi connectivity index (χ2v) is 6.50. The van der Waals surface area contributed by atoms with Gasteiger partial charge in [-0.25, -0.2) is 0 Å². The van der Waals surface area contributed by atoms with Crippen molar-refractivity contribution in [2.75, 3.05) is 33.2 Å². The maximum atomic E-state index is 11.8. The van der Waals surface area contributed by atoms with Crippen LogP contribution in [-0.4, -0.2) is 66.6 Å². The van der Waals surface area contributed by atoms with E-state index in [1.807, 2.05) is 6.92 Å². The van der Waals surface area contributed by atoms with Gasteiger partial charge in [0.1, 0.15) is 0 Å². The average molecular weight is 284 g/mol. The third kappa shape index (κ3) is 4.43. The van der Waals surface area contributed by atoms with E-state index in [0.29, 0.717) is 12.1 Å². The van der Waals surface area contributed by atoms with Gasteiger partial charge in [-0.3, -0.25) is 9.69 Å². The Hall–Kier alpha value is -0.650. The molecule has 0 aliphatic carbocycles. The molecule has 1 saturated heterocycles. The standard InChI is InChI=1S/C15H32N4O/c1-6-7-17-15(4,14(16)20)10-12(2)19-9-8-18(5)13(3)11-19/h12-13,17H,6-11H2,1-5H3,(H2,16,20). The maximum absolute atomic E-state index is 11.8. The Bertz CT molecular complexity index is 323. The van der Waals surface area contributed by atoms with Crippen LogP contribution in [0.2, 0.25) is 0 Å². The number of primary amides is 1. The van der Waals surface area contributed by atoms with E-state index < -0.39 is 5.54 Å². The van der Waals surface area contributed by atoms with Gasteiger partial charge >= 0.3 is 0 Å². The summed E-state index contributed by atoms with van der Waals surface area (Å²) in [5.41, 5.74) is 5.00. The summed E-state index contributed by atoms with van der Waals surface area (Å²) in [6.07, 6.45) is 1.77. The van der Waals surface area contributed by atoms with Crippen molar-refractivity contribution < 1.29 is 4.79 Å². The molecule has 20 heavy (non-hydrogen) atoms. The zero-order chi connectivity index (χ0) is 15.3.